The van der Waals surface area contributed by atoms with E-state index in [1.165, 1.54) is 0 Å². The van der Waals surface area contributed by atoms with Crippen LogP contribution in [-0.2, 0) is 0 Å². The largest absolute Gasteiger partial charge is 0.320 e. The fraction of sp³-hybridized carbons (Fsp3) is 0.0714. The van der Waals surface area contributed by atoms with Gasteiger partial charge in [-0.1, -0.05) is 18.2 Å². The van der Waals surface area contributed by atoms with E-state index in [0.717, 1.165) is 21.3 Å². The molecular weight excluding hydrogens is 322 g/mol. The first kappa shape index (κ1) is 12.6. The summed E-state index contributed by atoms with van der Waals surface area (Å²) in [4.78, 5) is 0. The molecule has 1 aromatic carbocycles. The van der Waals surface area contributed by atoms with Gasteiger partial charge in [-0.05, 0) is 39.0 Å². The summed E-state index contributed by atoms with van der Waals surface area (Å²) in [5, 5.41) is 8.47. The molecule has 5 heteroatoms. The zero-order chi connectivity index (χ0) is 13.2. The topological polar surface area (TPSA) is 43.8 Å². The Morgan fingerprint density at radius 1 is 1.21 bits per heavy atom. The van der Waals surface area contributed by atoms with Crippen molar-refractivity contribution < 1.29 is 0 Å². The van der Waals surface area contributed by atoms with Crippen molar-refractivity contribution in [1.82, 2.24) is 9.78 Å². The van der Waals surface area contributed by atoms with Crippen LogP contribution in [0.1, 0.15) is 17.2 Å². The maximum Gasteiger partial charge on any atom is 0.0645 e. The van der Waals surface area contributed by atoms with E-state index in [1.54, 1.807) is 11.3 Å². The lowest BCUT2D eigenvalue weighted by molar-refractivity contribution is 0.862. The number of benzene rings is 1. The third kappa shape index (κ3) is 2.49. The molecule has 0 spiro atoms. The quantitative estimate of drug-likeness (QED) is 0.793. The summed E-state index contributed by atoms with van der Waals surface area (Å²) < 4.78 is 2.90. The minimum Gasteiger partial charge on any atom is -0.320 e. The number of hydrogen-bond donors (Lipinski definition) is 1. The molecular formula is C14H12BrN3S. The van der Waals surface area contributed by atoms with Gasteiger partial charge in [-0.15, -0.1) is 0 Å². The van der Waals surface area contributed by atoms with Crippen LogP contribution in [0.5, 0.6) is 0 Å². The normalized spacial score (nSPS) is 12.5. The highest BCUT2D eigenvalue weighted by Gasteiger charge is 2.15. The first-order valence-electron chi connectivity index (χ1n) is 5.83. The van der Waals surface area contributed by atoms with Crippen molar-refractivity contribution in [3.05, 3.63) is 69.1 Å². The number of rotatable bonds is 3. The van der Waals surface area contributed by atoms with E-state index in [0.29, 0.717) is 0 Å². The number of hydrogen-bond acceptors (Lipinski definition) is 3. The van der Waals surface area contributed by atoms with Crippen LogP contribution in [0.3, 0.4) is 0 Å². The molecule has 0 amide bonds. The second kappa shape index (κ2) is 5.28. The van der Waals surface area contributed by atoms with Gasteiger partial charge in [0.2, 0.25) is 0 Å². The van der Waals surface area contributed by atoms with Crippen molar-refractivity contribution in [1.29, 1.82) is 0 Å². The molecule has 2 heterocycles. The van der Waals surface area contributed by atoms with Gasteiger partial charge < -0.3 is 5.73 Å². The van der Waals surface area contributed by atoms with Crippen LogP contribution in [0.15, 0.2) is 58.0 Å². The molecule has 96 valence electrons. The van der Waals surface area contributed by atoms with E-state index in [-0.39, 0.29) is 6.04 Å². The Kier molecular flexibility index (Phi) is 3.50. The number of para-hydroxylation sites is 1. The van der Waals surface area contributed by atoms with Gasteiger partial charge in [0, 0.05) is 21.6 Å². The summed E-state index contributed by atoms with van der Waals surface area (Å²) in [5.41, 5.74) is 9.41. The van der Waals surface area contributed by atoms with Gasteiger partial charge in [0.05, 0.1) is 17.9 Å². The Hall–Kier alpha value is -1.43. The van der Waals surface area contributed by atoms with Gasteiger partial charge in [0.1, 0.15) is 0 Å². The van der Waals surface area contributed by atoms with Crippen LogP contribution in [-0.4, -0.2) is 9.78 Å². The molecule has 0 aliphatic carbocycles. The van der Waals surface area contributed by atoms with Gasteiger partial charge in [0.15, 0.2) is 0 Å². The summed E-state index contributed by atoms with van der Waals surface area (Å²) in [6.07, 6.45) is 3.80. The zero-order valence-corrected chi connectivity index (χ0v) is 12.4. The highest BCUT2D eigenvalue weighted by molar-refractivity contribution is 9.10. The van der Waals surface area contributed by atoms with Crippen LogP contribution >= 0.6 is 27.3 Å². The zero-order valence-electron chi connectivity index (χ0n) is 10.0. The number of halogens is 1. The average molecular weight is 334 g/mol. The average Bonchev–Trinajstić information content (AvgIpc) is 3.08. The smallest absolute Gasteiger partial charge is 0.0645 e. The maximum atomic E-state index is 6.28. The van der Waals surface area contributed by atoms with Crippen LogP contribution in [0.25, 0.3) is 5.69 Å². The Balaban J connectivity index is 1.92. The van der Waals surface area contributed by atoms with Crippen LogP contribution in [0, 0.1) is 0 Å². The van der Waals surface area contributed by atoms with E-state index in [2.05, 4.69) is 26.4 Å². The fourth-order valence-electron chi connectivity index (χ4n) is 1.91. The molecule has 1 atom stereocenters. The Bertz CT molecular complexity index is 675. The van der Waals surface area contributed by atoms with Crippen LogP contribution < -0.4 is 5.73 Å². The monoisotopic (exact) mass is 333 g/mol. The van der Waals surface area contributed by atoms with Crippen molar-refractivity contribution in [2.45, 2.75) is 6.04 Å². The molecule has 0 bridgehead atoms. The lowest BCUT2D eigenvalue weighted by Gasteiger charge is -2.08. The third-order valence-corrected chi connectivity index (χ3v) is 4.71. The molecule has 3 rings (SSSR count). The minimum atomic E-state index is -0.155. The molecule has 0 saturated heterocycles. The second-order valence-electron chi connectivity index (χ2n) is 4.21. The van der Waals surface area contributed by atoms with Crippen LogP contribution in [0.2, 0.25) is 0 Å². The van der Waals surface area contributed by atoms with Gasteiger partial charge in [-0.2, -0.15) is 16.4 Å². The predicted molar refractivity (Wildman–Crippen MR) is 81.6 cm³/mol. The molecule has 2 aromatic heterocycles. The van der Waals surface area contributed by atoms with Crippen molar-refractivity contribution in [3.8, 4) is 5.69 Å². The molecule has 3 aromatic rings. The highest BCUT2D eigenvalue weighted by Crippen LogP contribution is 2.30. The molecule has 0 aliphatic heterocycles. The summed E-state index contributed by atoms with van der Waals surface area (Å²) >= 11 is 5.16. The first-order valence-corrected chi connectivity index (χ1v) is 7.56. The Labute approximate surface area is 123 Å². The summed E-state index contributed by atoms with van der Waals surface area (Å²) in [6, 6.07) is 9.85. The lowest BCUT2D eigenvalue weighted by Crippen LogP contribution is -2.10. The predicted octanol–water partition coefficient (Wildman–Crippen LogP) is 3.74. The fourth-order valence-corrected chi connectivity index (χ4v) is 3.49. The molecule has 0 fully saturated rings. The van der Waals surface area contributed by atoms with E-state index < -0.39 is 0 Å². The summed E-state index contributed by atoms with van der Waals surface area (Å²) in [5.74, 6) is 0. The van der Waals surface area contributed by atoms with Gasteiger partial charge in [0.25, 0.3) is 0 Å². The third-order valence-electron chi connectivity index (χ3n) is 2.96. The molecule has 3 nitrogen and oxygen atoms in total. The van der Waals surface area contributed by atoms with Crippen LogP contribution in [0.4, 0.5) is 0 Å². The van der Waals surface area contributed by atoms with Crippen molar-refractivity contribution in [3.63, 3.8) is 0 Å². The van der Waals surface area contributed by atoms with E-state index >= 15 is 0 Å². The Morgan fingerprint density at radius 3 is 2.68 bits per heavy atom. The minimum absolute atomic E-state index is 0.155. The van der Waals surface area contributed by atoms with Crippen molar-refractivity contribution in [2.24, 2.45) is 5.73 Å². The number of nitrogens with zero attached hydrogens (tertiary/aromatic N) is 2. The SMILES string of the molecule is NC(c1cnn(-c2ccccc2)c1)c1cscc1Br. The van der Waals surface area contributed by atoms with Gasteiger partial charge in [-0.3, -0.25) is 0 Å². The van der Waals surface area contributed by atoms with E-state index in [9.17, 15) is 0 Å². The van der Waals surface area contributed by atoms with Crippen molar-refractivity contribution in [2.75, 3.05) is 0 Å². The molecule has 0 saturated carbocycles. The molecule has 0 radical (unpaired) electrons. The molecule has 19 heavy (non-hydrogen) atoms. The standard InChI is InChI=1S/C14H12BrN3S/c15-13-9-19-8-12(13)14(16)10-6-17-18(7-10)11-4-2-1-3-5-11/h1-9,14H,16H2. The van der Waals surface area contributed by atoms with E-state index in [1.807, 2.05) is 52.8 Å². The maximum absolute atomic E-state index is 6.28. The van der Waals surface area contributed by atoms with Gasteiger partial charge >= 0.3 is 0 Å². The summed E-state index contributed by atoms with van der Waals surface area (Å²) in [6.45, 7) is 0. The van der Waals surface area contributed by atoms with Gasteiger partial charge in [-0.25, -0.2) is 4.68 Å². The second-order valence-corrected chi connectivity index (χ2v) is 5.80. The van der Waals surface area contributed by atoms with Crippen molar-refractivity contribution >= 4 is 27.3 Å². The number of nitrogens with two attached hydrogens (primary N) is 1. The van der Waals surface area contributed by atoms with E-state index in [4.69, 9.17) is 5.73 Å². The Morgan fingerprint density at radius 2 is 2.00 bits per heavy atom. The highest BCUT2D eigenvalue weighted by atomic mass is 79.9. The summed E-state index contributed by atoms with van der Waals surface area (Å²) in [7, 11) is 0. The number of aromatic nitrogens is 2. The first-order chi connectivity index (χ1) is 9.25. The lowest BCUT2D eigenvalue weighted by atomic mass is 10.1. The number of thiophene rings is 1. The molecule has 0 aliphatic rings. The molecule has 2 N–H and O–H groups in total. The molecule has 1 unspecified atom stereocenters.